The van der Waals surface area contributed by atoms with Gasteiger partial charge in [0.2, 0.25) is 11.8 Å². The van der Waals surface area contributed by atoms with E-state index in [1.807, 2.05) is 13.8 Å². The van der Waals surface area contributed by atoms with Crippen LogP contribution in [-0.4, -0.2) is 64.2 Å². The first kappa shape index (κ1) is 17.1. The third-order valence-electron chi connectivity index (χ3n) is 4.56. The molecule has 2 heterocycles. The molecule has 22 heavy (non-hydrogen) atoms. The molecule has 0 spiro atoms. The number of carbonyl (C=O) groups is 2. The van der Waals surface area contributed by atoms with E-state index >= 15 is 0 Å². The summed E-state index contributed by atoms with van der Waals surface area (Å²) in [7, 11) is 0. The van der Waals surface area contributed by atoms with Crippen molar-refractivity contribution in [3.05, 3.63) is 0 Å². The Hall–Kier alpha value is -1.31. The molecule has 8 heteroatoms. The van der Waals surface area contributed by atoms with Gasteiger partial charge >= 0.3 is 6.18 Å². The number of halogens is 3. The van der Waals surface area contributed by atoms with Crippen LogP contribution in [0.15, 0.2) is 0 Å². The topological polar surface area (TPSA) is 60.9 Å². The van der Waals surface area contributed by atoms with E-state index in [0.29, 0.717) is 6.54 Å². The van der Waals surface area contributed by atoms with Crippen molar-refractivity contribution in [2.45, 2.75) is 50.9 Å². The molecular formula is C14H21F3N2O3. The van der Waals surface area contributed by atoms with E-state index in [2.05, 4.69) is 0 Å². The van der Waals surface area contributed by atoms with Crippen molar-refractivity contribution in [3.63, 3.8) is 0 Å². The number of hydrogen-bond donors (Lipinski definition) is 1. The number of aliphatic hydroxyl groups is 1. The highest BCUT2D eigenvalue weighted by Gasteiger charge is 2.55. The fraction of sp³-hybridized carbons (Fsp3) is 0.857. The number of piperidine rings is 1. The minimum atomic E-state index is -4.68. The molecule has 0 aliphatic carbocycles. The van der Waals surface area contributed by atoms with E-state index in [4.69, 9.17) is 0 Å². The zero-order valence-corrected chi connectivity index (χ0v) is 12.7. The fourth-order valence-corrected chi connectivity index (χ4v) is 3.03. The summed E-state index contributed by atoms with van der Waals surface area (Å²) < 4.78 is 38.2. The van der Waals surface area contributed by atoms with Gasteiger partial charge in [0.05, 0.1) is 5.92 Å². The van der Waals surface area contributed by atoms with Gasteiger partial charge in [-0.25, -0.2) is 0 Å². The Kier molecular flexibility index (Phi) is 4.43. The van der Waals surface area contributed by atoms with Crippen LogP contribution >= 0.6 is 0 Å². The number of nitrogens with zero attached hydrogens (tertiary/aromatic N) is 2. The van der Waals surface area contributed by atoms with Crippen molar-refractivity contribution in [3.8, 4) is 0 Å². The summed E-state index contributed by atoms with van der Waals surface area (Å²) in [6.07, 6.45) is -5.61. The molecule has 2 aliphatic rings. The van der Waals surface area contributed by atoms with Crippen LogP contribution in [-0.2, 0) is 9.59 Å². The molecular weight excluding hydrogens is 301 g/mol. The minimum absolute atomic E-state index is 0.00183. The maximum absolute atomic E-state index is 12.7. The van der Waals surface area contributed by atoms with Gasteiger partial charge in [-0.15, -0.1) is 0 Å². The lowest BCUT2D eigenvalue weighted by molar-refractivity contribution is -0.272. The molecule has 0 aromatic carbocycles. The molecule has 0 aromatic heterocycles. The second-order valence-electron chi connectivity index (χ2n) is 6.40. The smallest absolute Gasteiger partial charge is 0.380 e. The van der Waals surface area contributed by atoms with Gasteiger partial charge in [0.25, 0.3) is 0 Å². The van der Waals surface area contributed by atoms with E-state index in [0.717, 1.165) is 0 Å². The van der Waals surface area contributed by atoms with Gasteiger partial charge in [0.1, 0.15) is 0 Å². The molecule has 2 fully saturated rings. The monoisotopic (exact) mass is 322 g/mol. The number of hydrogen-bond acceptors (Lipinski definition) is 3. The van der Waals surface area contributed by atoms with Crippen molar-refractivity contribution in [1.82, 2.24) is 9.80 Å². The van der Waals surface area contributed by atoms with Crippen LogP contribution in [0.1, 0.15) is 33.1 Å². The first-order valence-electron chi connectivity index (χ1n) is 7.42. The Bertz CT molecular complexity index is 457. The summed E-state index contributed by atoms with van der Waals surface area (Å²) in [4.78, 5) is 27.1. The first-order chi connectivity index (χ1) is 10.0. The van der Waals surface area contributed by atoms with Crippen molar-refractivity contribution in [2.24, 2.45) is 5.92 Å². The minimum Gasteiger partial charge on any atom is -0.380 e. The van der Waals surface area contributed by atoms with E-state index < -0.39 is 30.5 Å². The number of rotatable bonds is 2. The third kappa shape index (κ3) is 3.06. The van der Waals surface area contributed by atoms with Crippen molar-refractivity contribution < 1.29 is 27.9 Å². The molecule has 1 atom stereocenters. The highest BCUT2D eigenvalue weighted by Crippen LogP contribution is 2.38. The molecule has 2 saturated heterocycles. The van der Waals surface area contributed by atoms with Crippen LogP contribution in [0.4, 0.5) is 13.2 Å². The zero-order valence-electron chi connectivity index (χ0n) is 12.7. The van der Waals surface area contributed by atoms with Crippen LogP contribution in [0.5, 0.6) is 0 Å². The Morgan fingerprint density at radius 3 is 2.27 bits per heavy atom. The van der Waals surface area contributed by atoms with Gasteiger partial charge in [-0.2, -0.15) is 13.2 Å². The highest BCUT2D eigenvalue weighted by atomic mass is 19.4. The summed E-state index contributed by atoms with van der Waals surface area (Å²) in [5.74, 6) is -0.884. The average molecular weight is 322 g/mol. The Balaban J connectivity index is 1.95. The molecule has 126 valence electrons. The lowest BCUT2D eigenvalue weighted by Gasteiger charge is -2.39. The number of carbonyl (C=O) groups excluding carboxylic acids is 2. The second kappa shape index (κ2) is 5.72. The van der Waals surface area contributed by atoms with E-state index in [1.54, 1.807) is 4.90 Å². The normalized spacial score (nSPS) is 26.0. The van der Waals surface area contributed by atoms with Crippen LogP contribution in [0.3, 0.4) is 0 Å². The molecule has 1 N–H and O–H groups in total. The molecule has 0 bridgehead atoms. The quantitative estimate of drug-likeness (QED) is 0.830. The average Bonchev–Trinajstić information content (AvgIpc) is 2.80. The largest absolute Gasteiger partial charge is 0.417 e. The van der Waals surface area contributed by atoms with Gasteiger partial charge in [0.15, 0.2) is 5.60 Å². The SMILES string of the molecule is CC(C)N1CC(C(=O)N2CCC(O)(C(F)(F)F)CC2)CC1=O. The molecule has 2 amide bonds. The summed E-state index contributed by atoms with van der Waals surface area (Å²) in [5, 5.41) is 9.60. The van der Waals surface area contributed by atoms with E-state index in [-0.39, 0.29) is 37.4 Å². The summed E-state index contributed by atoms with van der Waals surface area (Å²) in [6, 6.07) is 0.00183. The first-order valence-corrected chi connectivity index (χ1v) is 7.42. The summed E-state index contributed by atoms with van der Waals surface area (Å²) in [6.45, 7) is 3.75. The fourth-order valence-electron chi connectivity index (χ4n) is 3.03. The standard InChI is InChI=1S/C14H21F3N2O3/c1-9(2)19-8-10(7-11(19)20)12(21)18-5-3-13(22,4-6-18)14(15,16)17/h9-10,22H,3-8H2,1-2H3. The number of alkyl halides is 3. The maximum Gasteiger partial charge on any atom is 0.417 e. The van der Waals surface area contributed by atoms with Gasteiger partial charge in [-0.05, 0) is 13.8 Å². The van der Waals surface area contributed by atoms with Gasteiger partial charge in [-0.3, -0.25) is 9.59 Å². The predicted octanol–water partition coefficient (Wildman–Crippen LogP) is 1.16. The number of amides is 2. The van der Waals surface area contributed by atoms with Crippen LogP contribution in [0, 0.1) is 5.92 Å². The molecule has 5 nitrogen and oxygen atoms in total. The number of likely N-dealkylation sites (tertiary alicyclic amines) is 2. The van der Waals surface area contributed by atoms with Crippen LogP contribution in [0.25, 0.3) is 0 Å². The lowest BCUT2D eigenvalue weighted by atomic mass is 9.90. The maximum atomic E-state index is 12.7. The molecule has 0 saturated carbocycles. The zero-order chi connectivity index (χ0) is 16.7. The Morgan fingerprint density at radius 1 is 1.32 bits per heavy atom. The highest BCUT2D eigenvalue weighted by molar-refractivity contribution is 5.89. The Labute approximate surface area is 127 Å². The Morgan fingerprint density at radius 2 is 1.86 bits per heavy atom. The second-order valence-corrected chi connectivity index (χ2v) is 6.40. The van der Waals surface area contributed by atoms with Crippen molar-refractivity contribution in [2.75, 3.05) is 19.6 Å². The molecule has 1 unspecified atom stereocenters. The van der Waals surface area contributed by atoms with Gasteiger partial charge < -0.3 is 14.9 Å². The van der Waals surface area contributed by atoms with Crippen LogP contribution < -0.4 is 0 Å². The summed E-state index contributed by atoms with van der Waals surface area (Å²) >= 11 is 0. The molecule has 2 aliphatic heterocycles. The van der Waals surface area contributed by atoms with Crippen molar-refractivity contribution in [1.29, 1.82) is 0 Å². The molecule has 0 radical (unpaired) electrons. The van der Waals surface area contributed by atoms with Crippen LogP contribution in [0.2, 0.25) is 0 Å². The summed E-state index contributed by atoms with van der Waals surface area (Å²) in [5.41, 5.74) is -2.71. The van der Waals surface area contributed by atoms with E-state index in [9.17, 15) is 27.9 Å². The lowest BCUT2D eigenvalue weighted by Crippen LogP contribution is -2.55. The molecule has 0 aromatic rings. The molecule has 2 rings (SSSR count). The van der Waals surface area contributed by atoms with Gasteiger partial charge in [0, 0.05) is 44.9 Å². The van der Waals surface area contributed by atoms with E-state index in [1.165, 1.54) is 4.90 Å². The predicted molar refractivity (Wildman–Crippen MR) is 71.8 cm³/mol. The van der Waals surface area contributed by atoms with Gasteiger partial charge in [-0.1, -0.05) is 0 Å². The van der Waals surface area contributed by atoms with Crippen molar-refractivity contribution >= 4 is 11.8 Å². The third-order valence-corrected chi connectivity index (χ3v) is 4.56.